The van der Waals surface area contributed by atoms with Gasteiger partial charge in [-0.25, -0.2) is 18.7 Å². The molecule has 0 aliphatic heterocycles. The zero-order valence-corrected chi connectivity index (χ0v) is 17.7. The van der Waals surface area contributed by atoms with Crippen molar-refractivity contribution in [3.05, 3.63) is 108 Å². The number of aromatic nitrogens is 2. The second kappa shape index (κ2) is 9.81. The van der Waals surface area contributed by atoms with E-state index in [0.717, 1.165) is 36.0 Å². The number of halogens is 2. The fourth-order valence-corrected chi connectivity index (χ4v) is 4.27. The Balaban J connectivity index is 1.35. The van der Waals surface area contributed by atoms with Gasteiger partial charge in [0.15, 0.2) is 0 Å². The number of nitrogens with zero attached hydrogens (tertiary/aromatic N) is 2. The summed E-state index contributed by atoms with van der Waals surface area (Å²) in [6, 6.07) is 12.8. The molecule has 1 aromatic heterocycles. The highest BCUT2D eigenvalue weighted by Crippen LogP contribution is 2.59. The fourth-order valence-electron chi connectivity index (χ4n) is 4.27. The lowest BCUT2D eigenvalue weighted by Crippen LogP contribution is -2.22. The van der Waals surface area contributed by atoms with Crippen LogP contribution in [0.2, 0.25) is 0 Å². The number of nitrogens with one attached hydrogen (secondary N) is 1. The Hall–Kier alpha value is -3.41. The second-order valence-corrected chi connectivity index (χ2v) is 8.16. The quantitative estimate of drug-likeness (QED) is 0.391. The zero-order chi connectivity index (χ0) is 22.4. The average Bonchev–Trinajstić information content (AvgIpc) is 3.54. The molecule has 0 unspecified atom stereocenters. The van der Waals surface area contributed by atoms with Gasteiger partial charge >= 0.3 is 0 Å². The summed E-state index contributed by atoms with van der Waals surface area (Å²) in [7, 11) is 0. The molecule has 0 spiro atoms. The summed E-state index contributed by atoms with van der Waals surface area (Å²) >= 11 is 0. The van der Waals surface area contributed by atoms with Crippen LogP contribution in [0.4, 0.5) is 8.78 Å². The van der Waals surface area contributed by atoms with Crippen molar-refractivity contribution in [3.8, 4) is 0 Å². The molecule has 6 heteroatoms. The van der Waals surface area contributed by atoms with E-state index in [-0.39, 0.29) is 23.5 Å². The number of carbonyl (C=O) groups excluding carboxylic acids is 1. The van der Waals surface area contributed by atoms with Crippen LogP contribution < -0.4 is 5.32 Å². The van der Waals surface area contributed by atoms with Crippen molar-refractivity contribution in [2.45, 2.75) is 31.1 Å². The van der Waals surface area contributed by atoms with E-state index in [1.165, 1.54) is 36.7 Å². The van der Waals surface area contributed by atoms with Gasteiger partial charge in [0.25, 0.3) is 0 Å². The number of benzene rings is 2. The van der Waals surface area contributed by atoms with Gasteiger partial charge in [-0.05, 0) is 78.6 Å². The van der Waals surface area contributed by atoms with Gasteiger partial charge in [0, 0.05) is 24.4 Å². The van der Waals surface area contributed by atoms with Crippen LogP contribution in [-0.4, -0.2) is 22.4 Å². The lowest BCUT2D eigenvalue weighted by molar-refractivity contribution is -0.116. The van der Waals surface area contributed by atoms with E-state index in [1.54, 1.807) is 24.5 Å². The zero-order valence-electron chi connectivity index (χ0n) is 17.7. The maximum absolute atomic E-state index is 13.9. The van der Waals surface area contributed by atoms with E-state index < -0.39 is 5.41 Å². The van der Waals surface area contributed by atoms with E-state index in [9.17, 15) is 13.6 Å². The van der Waals surface area contributed by atoms with Crippen LogP contribution in [0, 0.1) is 17.6 Å². The number of hydrogen-bond donors (Lipinski definition) is 1. The first kappa shape index (κ1) is 21.8. The molecule has 4 rings (SSSR count). The van der Waals surface area contributed by atoms with Crippen molar-refractivity contribution in [2.24, 2.45) is 5.92 Å². The van der Waals surface area contributed by atoms with Crippen molar-refractivity contribution in [1.29, 1.82) is 0 Å². The number of amides is 1. The Bertz CT molecular complexity index is 1060. The van der Waals surface area contributed by atoms with Gasteiger partial charge in [-0.15, -0.1) is 0 Å². The number of aryl methyl sites for hydroxylation is 1. The number of hydrogen-bond acceptors (Lipinski definition) is 3. The van der Waals surface area contributed by atoms with Crippen LogP contribution in [0.5, 0.6) is 0 Å². The third-order valence-corrected chi connectivity index (χ3v) is 5.98. The molecule has 1 heterocycles. The van der Waals surface area contributed by atoms with E-state index in [2.05, 4.69) is 15.3 Å². The monoisotopic (exact) mass is 433 g/mol. The average molecular weight is 434 g/mol. The first-order chi connectivity index (χ1) is 15.6. The fraction of sp³-hybridized carbons (Fsp3) is 0.269. The minimum Gasteiger partial charge on any atom is -0.353 e. The molecule has 2 aromatic carbocycles. The molecule has 3 aromatic rings. The normalized spacial score (nSPS) is 16.8. The molecule has 1 saturated carbocycles. The molecular formula is C26H25F2N3O. The number of allylic oxidation sites excluding steroid dienone is 1. The summed E-state index contributed by atoms with van der Waals surface area (Å²) in [5.41, 5.74) is 2.16. The van der Waals surface area contributed by atoms with Gasteiger partial charge in [0.05, 0.1) is 0 Å². The van der Waals surface area contributed by atoms with Crippen molar-refractivity contribution in [3.63, 3.8) is 0 Å². The van der Waals surface area contributed by atoms with Crippen LogP contribution in [0.1, 0.15) is 36.0 Å². The second-order valence-electron chi connectivity index (χ2n) is 8.16. The molecule has 1 atom stereocenters. The first-order valence-corrected chi connectivity index (χ1v) is 10.8. The molecule has 32 heavy (non-hydrogen) atoms. The Morgan fingerprint density at radius 3 is 2.31 bits per heavy atom. The van der Waals surface area contributed by atoms with Gasteiger partial charge in [0.1, 0.15) is 18.0 Å². The van der Waals surface area contributed by atoms with Crippen molar-refractivity contribution < 1.29 is 13.6 Å². The Morgan fingerprint density at radius 1 is 1.03 bits per heavy atom. The third-order valence-electron chi connectivity index (χ3n) is 5.98. The highest BCUT2D eigenvalue weighted by atomic mass is 19.1. The van der Waals surface area contributed by atoms with E-state index in [0.29, 0.717) is 13.0 Å². The minimum absolute atomic E-state index is 0.00469. The lowest BCUT2D eigenvalue weighted by Gasteiger charge is -2.18. The van der Waals surface area contributed by atoms with Crippen LogP contribution in [0.25, 0.3) is 0 Å². The van der Waals surface area contributed by atoms with E-state index in [4.69, 9.17) is 0 Å². The Morgan fingerprint density at radius 2 is 1.69 bits per heavy atom. The Kier molecular flexibility index (Phi) is 6.69. The summed E-state index contributed by atoms with van der Waals surface area (Å²) in [6.07, 6.45) is 11.9. The third kappa shape index (κ3) is 5.07. The van der Waals surface area contributed by atoms with Gasteiger partial charge in [-0.2, -0.15) is 0 Å². The predicted octanol–water partition coefficient (Wildman–Crippen LogP) is 4.76. The van der Waals surface area contributed by atoms with Crippen LogP contribution in [0.15, 0.2) is 79.4 Å². The molecule has 0 bridgehead atoms. The molecule has 1 N–H and O–H groups in total. The van der Waals surface area contributed by atoms with Gasteiger partial charge in [-0.3, -0.25) is 4.79 Å². The maximum atomic E-state index is 13.9. The predicted molar refractivity (Wildman–Crippen MR) is 119 cm³/mol. The highest BCUT2D eigenvalue weighted by molar-refractivity contribution is 5.87. The largest absolute Gasteiger partial charge is 0.353 e. The van der Waals surface area contributed by atoms with Crippen LogP contribution >= 0.6 is 0 Å². The van der Waals surface area contributed by atoms with Gasteiger partial charge in [-0.1, -0.05) is 30.3 Å². The maximum Gasteiger partial charge on any atom is 0.243 e. The van der Waals surface area contributed by atoms with E-state index >= 15 is 0 Å². The smallest absolute Gasteiger partial charge is 0.243 e. The molecule has 0 radical (unpaired) electrons. The van der Waals surface area contributed by atoms with Gasteiger partial charge < -0.3 is 5.32 Å². The summed E-state index contributed by atoms with van der Waals surface area (Å²) in [5, 5.41) is 2.90. The number of carbonyl (C=O) groups is 1. The van der Waals surface area contributed by atoms with Crippen LogP contribution in [-0.2, 0) is 16.6 Å². The van der Waals surface area contributed by atoms with Crippen molar-refractivity contribution in [1.82, 2.24) is 15.3 Å². The van der Waals surface area contributed by atoms with Crippen molar-refractivity contribution >= 4 is 5.91 Å². The Labute approximate surface area is 186 Å². The summed E-state index contributed by atoms with van der Waals surface area (Å²) in [6.45, 7) is 0.584. The summed E-state index contributed by atoms with van der Waals surface area (Å²) in [5.74, 6) is -0.817. The van der Waals surface area contributed by atoms with Crippen molar-refractivity contribution in [2.75, 3.05) is 6.54 Å². The molecule has 0 saturated heterocycles. The molecule has 1 fully saturated rings. The number of unbranched alkanes of at least 4 members (excludes halogenated alkanes) is 1. The molecule has 1 aliphatic rings. The molecule has 164 valence electrons. The number of rotatable bonds is 9. The van der Waals surface area contributed by atoms with Crippen LogP contribution in [0.3, 0.4) is 0 Å². The summed E-state index contributed by atoms with van der Waals surface area (Å²) < 4.78 is 27.8. The highest BCUT2D eigenvalue weighted by Gasteiger charge is 2.55. The minimum atomic E-state index is -0.515. The van der Waals surface area contributed by atoms with Gasteiger partial charge in [0.2, 0.25) is 5.91 Å². The molecular weight excluding hydrogens is 408 g/mol. The molecule has 1 amide bonds. The lowest BCUT2D eigenvalue weighted by atomic mass is 9.85. The standard InChI is InChI=1S/C26H25F2N3O/c27-23-8-3-6-20(13-23)26(21-7-4-9-24(28)14-21)15-22(26)10-11-25(32)31-12-2-1-5-19-16-29-18-30-17-19/h3-4,6-11,13-14,16-18,22H,1-2,5,12,15H2,(H,31,32)/b11-10+/t22-/m1/s1. The SMILES string of the molecule is O=C(/C=C/[C@@H]1CC1(c1cccc(F)c1)c1cccc(F)c1)NCCCCc1cncnc1. The molecule has 1 aliphatic carbocycles. The topological polar surface area (TPSA) is 54.9 Å². The first-order valence-electron chi connectivity index (χ1n) is 10.8. The van der Waals surface area contributed by atoms with E-state index in [1.807, 2.05) is 18.2 Å². The molecule has 4 nitrogen and oxygen atoms in total. The summed E-state index contributed by atoms with van der Waals surface area (Å²) in [4.78, 5) is 20.2.